The molecule has 6 heteroatoms. The molecule has 39 heavy (non-hydrogen) atoms. The molecule has 0 bridgehead atoms. The predicted octanol–water partition coefficient (Wildman–Crippen LogP) is 7.09. The van der Waals surface area contributed by atoms with Crippen molar-refractivity contribution in [1.29, 1.82) is 5.26 Å². The second-order valence-corrected chi connectivity index (χ2v) is 8.71. The van der Waals surface area contributed by atoms with Crippen molar-refractivity contribution in [3.8, 4) is 6.57 Å². The van der Waals surface area contributed by atoms with Gasteiger partial charge in [0.1, 0.15) is 5.82 Å². The zero-order valence-electron chi connectivity index (χ0n) is 24.8. The Morgan fingerprint density at radius 3 is 2.54 bits per heavy atom. The van der Waals surface area contributed by atoms with Crippen molar-refractivity contribution in [1.82, 2.24) is 10.2 Å². The number of rotatable bonds is 12. The molecule has 0 aliphatic carbocycles. The highest BCUT2D eigenvalue weighted by molar-refractivity contribution is 5.84. The lowest BCUT2D eigenvalue weighted by Crippen LogP contribution is -2.26. The number of nitrogens with one attached hydrogen (secondary N) is 1. The quantitative estimate of drug-likeness (QED) is 0.223. The summed E-state index contributed by atoms with van der Waals surface area (Å²) in [5, 5.41) is 9.62. The van der Waals surface area contributed by atoms with Crippen molar-refractivity contribution in [2.75, 3.05) is 20.1 Å². The van der Waals surface area contributed by atoms with Crippen LogP contribution in [0.3, 0.4) is 0 Å². The molecule has 0 amide bonds. The largest absolute Gasteiger partial charge is 0.373 e. The second-order valence-electron chi connectivity index (χ2n) is 8.71. The average molecular weight is 531 g/mol. The molecule has 6 nitrogen and oxygen atoms in total. The molecule has 1 heterocycles. The first-order valence-electron chi connectivity index (χ1n) is 14.1. The number of nitrogens with zero attached hydrogens (tertiary/aromatic N) is 4. The molecule has 1 aromatic rings. The highest BCUT2D eigenvalue weighted by Crippen LogP contribution is 2.13. The maximum atomic E-state index is 6.50. The van der Waals surface area contributed by atoms with Gasteiger partial charge in [-0.15, -0.1) is 0 Å². The van der Waals surface area contributed by atoms with Crippen LogP contribution in [0.5, 0.6) is 0 Å². The molecule has 0 aromatic heterocycles. The molecule has 212 valence electrons. The van der Waals surface area contributed by atoms with Crippen molar-refractivity contribution >= 4 is 12.4 Å². The minimum Gasteiger partial charge on any atom is -0.373 e. The Hall–Kier alpha value is -3.53. The molecule has 0 saturated carbocycles. The zero-order chi connectivity index (χ0) is 29.1. The van der Waals surface area contributed by atoms with Crippen LogP contribution in [0.15, 0.2) is 94.4 Å². The van der Waals surface area contributed by atoms with Crippen LogP contribution in [0.2, 0.25) is 0 Å². The Labute approximate surface area is 238 Å². The maximum absolute atomic E-state index is 6.50. The minimum absolute atomic E-state index is 0.360. The van der Waals surface area contributed by atoms with E-state index in [4.69, 9.17) is 11.0 Å². The van der Waals surface area contributed by atoms with Gasteiger partial charge in [-0.05, 0) is 69.3 Å². The van der Waals surface area contributed by atoms with Gasteiger partial charge in [0.15, 0.2) is 0 Å². The van der Waals surface area contributed by atoms with Crippen LogP contribution in [-0.4, -0.2) is 43.5 Å². The van der Waals surface area contributed by atoms with Crippen LogP contribution in [0.25, 0.3) is 0 Å². The van der Waals surface area contributed by atoms with E-state index in [1.807, 2.05) is 58.6 Å². The number of benzene rings is 1. The third-order valence-electron chi connectivity index (χ3n) is 5.73. The van der Waals surface area contributed by atoms with E-state index >= 15 is 0 Å². The maximum Gasteiger partial charge on any atom is 0.121 e. The fraction of sp³-hybridized carbons (Fsp3) is 0.424. The summed E-state index contributed by atoms with van der Waals surface area (Å²) >= 11 is 0. The van der Waals surface area contributed by atoms with Gasteiger partial charge >= 0.3 is 0 Å². The highest BCUT2D eigenvalue weighted by atomic mass is 15.1. The number of hydrogen-bond acceptors (Lipinski definition) is 6. The van der Waals surface area contributed by atoms with Crippen molar-refractivity contribution in [2.45, 2.75) is 72.4 Å². The number of allylic oxidation sites excluding steroid dienone is 8. The molecule has 2 rings (SSSR count). The van der Waals surface area contributed by atoms with Gasteiger partial charge in [0.05, 0.1) is 0 Å². The SMILES string of the molecule is C#N.C/C=C\C=C/C/C=C/C(/C=N\C(=C\CC)NC)=C\N=Cc1ccc(CN2CCCC(N)CC2)cc1.CC. The Morgan fingerprint density at radius 1 is 1.13 bits per heavy atom. The van der Waals surface area contributed by atoms with Crippen molar-refractivity contribution in [3.63, 3.8) is 0 Å². The molecule has 1 atom stereocenters. The first-order chi connectivity index (χ1) is 19.1. The molecule has 1 unspecified atom stereocenters. The van der Waals surface area contributed by atoms with E-state index in [0.717, 1.165) is 62.3 Å². The van der Waals surface area contributed by atoms with Crippen LogP contribution >= 0.6 is 0 Å². The summed E-state index contributed by atoms with van der Waals surface area (Å²) in [6.45, 7) is 14.8. The summed E-state index contributed by atoms with van der Waals surface area (Å²) in [5.41, 5.74) is 9.47. The molecule has 0 spiro atoms. The number of nitrogens with two attached hydrogens (primary N) is 1. The molecule has 1 aliphatic heterocycles. The Balaban J connectivity index is 0.00000344. The molecule has 1 aliphatic rings. The van der Waals surface area contributed by atoms with E-state index in [-0.39, 0.29) is 0 Å². The Morgan fingerprint density at radius 2 is 1.87 bits per heavy atom. The molecule has 0 radical (unpaired) electrons. The number of hydrogen-bond donors (Lipinski definition) is 2. The summed E-state index contributed by atoms with van der Waals surface area (Å²) in [6, 6.07) is 9.02. The molecule has 3 N–H and O–H groups in total. The molecular formula is C33H50N6. The third kappa shape index (κ3) is 17.6. The number of nitriles is 1. The van der Waals surface area contributed by atoms with Crippen LogP contribution in [0.4, 0.5) is 0 Å². The molecule has 1 fully saturated rings. The molecular weight excluding hydrogens is 480 g/mol. The Bertz CT molecular complexity index is 977. The van der Waals surface area contributed by atoms with Crippen molar-refractivity contribution < 1.29 is 0 Å². The summed E-state index contributed by atoms with van der Waals surface area (Å²) in [7, 11) is 1.88. The van der Waals surface area contributed by atoms with Gasteiger partial charge in [-0.3, -0.25) is 9.89 Å². The Kier molecular flexibility index (Phi) is 22.5. The number of likely N-dealkylation sites (tertiary alicyclic amines) is 1. The van der Waals surface area contributed by atoms with E-state index in [1.165, 1.54) is 12.0 Å². The first kappa shape index (κ1) is 35.5. The van der Waals surface area contributed by atoms with Crippen molar-refractivity contribution in [3.05, 3.63) is 95.5 Å². The van der Waals surface area contributed by atoms with Gasteiger partial charge in [0, 0.05) is 50.4 Å². The van der Waals surface area contributed by atoms with Gasteiger partial charge < -0.3 is 11.1 Å². The van der Waals surface area contributed by atoms with Gasteiger partial charge in [-0.1, -0.05) is 81.5 Å². The summed E-state index contributed by atoms with van der Waals surface area (Å²) in [5.74, 6) is 0.853. The zero-order valence-corrected chi connectivity index (χ0v) is 24.8. The van der Waals surface area contributed by atoms with Crippen LogP contribution in [-0.2, 0) is 6.54 Å². The lowest BCUT2D eigenvalue weighted by Gasteiger charge is -2.19. The van der Waals surface area contributed by atoms with E-state index in [1.54, 1.807) is 0 Å². The van der Waals surface area contributed by atoms with Gasteiger partial charge in [0.25, 0.3) is 0 Å². The molecule has 1 saturated heterocycles. The predicted molar refractivity (Wildman–Crippen MR) is 171 cm³/mol. The summed E-state index contributed by atoms with van der Waals surface area (Å²) < 4.78 is 0. The smallest absolute Gasteiger partial charge is 0.121 e. The summed E-state index contributed by atoms with van der Waals surface area (Å²) in [6.07, 6.45) is 25.2. The molecule has 1 aromatic carbocycles. The average Bonchev–Trinajstić information content (AvgIpc) is 3.19. The normalized spacial score (nSPS) is 17.4. The van der Waals surface area contributed by atoms with Crippen LogP contribution < -0.4 is 11.1 Å². The van der Waals surface area contributed by atoms with Crippen molar-refractivity contribution in [2.24, 2.45) is 15.7 Å². The van der Waals surface area contributed by atoms with Crippen LogP contribution in [0, 0.1) is 11.8 Å². The fourth-order valence-corrected chi connectivity index (χ4v) is 3.74. The van der Waals surface area contributed by atoms with Gasteiger partial charge in [-0.25, -0.2) is 10.3 Å². The number of aliphatic imine (C=N–C) groups is 2. The van der Waals surface area contributed by atoms with Gasteiger partial charge in [-0.2, -0.15) is 0 Å². The standard InChI is InChI=1S/C30H43N5.C2H6.CHN/c1-4-6-7-8-9-10-13-28(24-34-30(32-3)12-5-2)23-33-22-26-15-17-27(18-16-26)25-35-20-11-14-29(31)19-21-35;2*1-2/h4,6-8,10,12-13,15-18,22-24,29,32H,5,9,11,14,19-21,25,31H2,1-3H3;1-2H3;1H/b6-4-,8-7-,13-10+,28-23+,30-12+,33-22?,34-24-;;. The lowest BCUT2D eigenvalue weighted by molar-refractivity contribution is 0.276. The summed E-state index contributed by atoms with van der Waals surface area (Å²) in [4.78, 5) is 11.6. The lowest BCUT2D eigenvalue weighted by atomic mass is 10.1. The third-order valence-corrected chi connectivity index (χ3v) is 5.73. The van der Waals surface area contributed by atoms with E-state index in [0.29, 0.717) is 6.04 Å². The fourth-order valence-electron chi connectivity index (χ4n) is 3.74. The first-order valence-corrected chi connectivity index (χ1v) is 14.1. The highest BCUT2D eigenvalue weighted by Gasteiger charge is 2.13. The van der Waals surface area contributed by atoms with E-state index in [2.05, 4.69) is 88.3 Å². The second kappa shape index (κ2) is 24.8. The van der Waals surface area contributed by atoms with Crippen LogP contribution in [0.1, 0.15) is 70.9 Å². The minimum atomic E-state index is 0.360. The van der Waals surface area contributed by atoms with Gasteiger partial charge in [0.2, 0.25) is 0 Å². The van der Waals surface area contributed by atoms with E-state index < -0.39 is 0 Å². The monoisotopic (exact) mass is 530 g/mol. The topological polar surface area (TPSA) is 89.8 Å². The van der Waals surface area contributed by atoms with E-state index in [9.17, 15) is 0 Å².